The third kappa shape index (κ3) is 2.71. The molecular formula is C15H17FN4. The van der Waals surface area contributed by atoms with Gasteiger partial charge in [0.1, 0.15) is 23.3 Å². The zero-order valence-corrected chi connectivity index (χ0v) is 11.6. The largest absolute Gasteiger partial charge is 0.373 e. The lowest BCUT2D eigenvalue weighted by molar-refractivity contribution is 0.630. The topological polar surface area (TPSA) is 49.8 Å². The monoisotopic (exact) mass is 272 g/mol. The molecule has 1 saturated carbocycles. The second kappa shape index (κ2) is 5.07. The third-order valence-electron chi connectivity index (χ3n) is 3.33. The fraction of sp³-hybridized carbons (Fsp3) is 0.333. The molecule has 1 aromatic heterocycles. The molecule has 2 aromatic rings. The Kier molecular flexibility index (Phi) is 3.26. The van der Waals surface area contributed by atoms with Crippen LogP contribution in [0.4, 0.5) is 21.7 Å². The molecule has 2 N–H and O–H groups in total. The zero-order chi connectivity index (χ0) is 14.1. The molecule has 0 atom stereocenters. The number of anilines is 3. The third-order valence-corrected chi connectivity index (χ3v) is 3.33. The van der Waals surface area contributed by atoms with Crippen molar-refractivity contribution in [3.8, 4) is 0 Å². The van der Waals surface area contributed by atoms with Crippen LogP contribution < -0.4 is 10.6 Å². The van der Waals surface area contributed by atoms with Crippen LogP contribution in [-0.4, -0.2) is 17.0 Å². The van der Waals surface area contributed by atoms with Crippen molar-refractivity contribution in [3.05, 3.63) is 41.5 Å². The number of hydrogen-bond acceptors (Lipinski definition) is 4. The van der Waals surface area contributed by atoms with E-state index in [0.717, 1.165) is 30.0 Å². The number of nitrogens with zero attached hydrogens (tertiary/aromatic N) is 2. The highest BCUT2D eigenvalue weighted by Crippen LogP contribution is 2.39. The quantitative estimate of drug-likeness (QED) is 0.893. The molecule has 1 aliphatic carbocycles. The average molecular weight is 272 g/mol. The van der Waals surface area contributed by atoms with Gasteiger partial charge in [0.2, 0.25) is 0 Å². The molecule has 0 radical (unpaired) electrons. The molecule has 0 unspecified atom stereocenters. The second-order valence-corrected chi connectivity index (χ2v) is 5.13. The van der Waals surface area contributed by atoms with Gasteiger partial charge in [0.15, 0.2) is 0 Å². The minimum absolute atomic E-state index is 0.275. The highest BCUT2D eigenvalue weighted by Gasteiger charge is 2.27. The Balaban J connectivity index is 1.91. The van der Waals surface area contributed by atoms with E-state index in [-0.39, 0.29) is 5.82 Å². The fourth-order valence-corrected chi connectivity index (χ4v) is 2.04. The molecular weight excluding hydrogens is 255 g/mol. The highest BCUT2D eigenvalue weighted by atomic mass is 19.1. The molecule has 1 aromatic carbocycles. The van der Waals surface area contributed by atoms with E-state index in [1.807, 2.05) is 20.0 Å². The predicted molar refractivity (Wildman–Crippen MR) is 78.0 cm³/mol. The summed E-state index contributed by atoms with van der Waals surface area (Å²) < 4.78 is 13.9. The van der Waals surface area contributed by atoms with E-state index < -0.39 is 0 Å². The van der Waals surface area contributed by atoms with Crippen molar-refractivity contribution in [2.75, 3.05) is 17.7 Å². The van der Waals surface area contributed by atoms with Crippen LogP contribution >= 0.6 is 0 Å². The number of rotatable bonds is 4. The van der Waals surface area contributed by atoms with Gasteiger partial charge in [-0.05, 0) is 37.5 Å². The van der Waals surface area contributed by atoms with Gasteiger partial charge < -0.3 is 10.6 Å². The van der Waals surface area contributed by atoms with Crippen LogP contribution in [0, 0.1) is 12.7 Å². The summed E-state index contributed by atoms with van der Waals surface area (Å²) in [6.07, 6.45) is 2.26. The summed E-state index contributed by atoms with van der Waals surface area (Å²) in [7, 11) is 1.81. The number of nitrogens with one attached hydrogen (secondary N) is 2. The lowest BCUT2D eigenvalue weighted by Gasteiger charge is -2.10. The molecule has 0 bridgehead atoms. The molecule has 104 valence electrons. The van der Waals surface area contributed by atoms with Crippen molar-refractivity contribution in [3.63, 3.8) is 0 Å². The van der Waals surface area contributed by atoms with Crippen LogP contribution in [0.1, 0.15) is 30.1 Å². The van der Waals surface area contributed by atoms with Gasteiger partial charge in [-0.2, -0.15) is 0 Å². The van der Waals surface area contributed by atoms with Crippen molar-refractivity contribution in [1.82, 2.24) is 9.97 Å². The van der Waals surface area contributed by atoms with Crippen molar-refractivity contribution in [2.45, 2.75) is 25.7 Å². The maximum Gasteiger partial charge on any atom is 0.146 e. The summed E-state index contributed by atoms with van der Waals surface area (Å²) in [4.78, 5) is 8.91. The standard InChI is InChI=1S/C15H17FN4/c1-9-3-6-12(11(16)7-9)18-14-8-13(17-2)19-15(20-14)10-4-5-10/h3,6-8,10H,4-5H2,1-2H3,(H2,17,18,19,20). The van der Waals surface area contributed by atoms with Gasteiger partial charge in [0.05, 0.1) is 5.69 Å². The van der Waals surface area contributed by atoms with E-state index in [0.29, 0.717) is 17.4 Å². The van der Waals surface area contributed by atoms with Gasteiger partial charge >= 0.3 is 0 Å². The van der Waals surface area contributed by atoms with Crippen LogP contribution in [0.5, 0.6) is 0 Å². The molecule has 1 fully saturated rings. The Morgan fingerprint density at radius 3 is 2.55 bits per heavy atom. The van der Waals surface area contributed by atoms with Crippen LogP contribution in [0.2, 0.25) is 0 Å². The molecule has 5 heteroatoms. The summed E-state index contributed by atoms with van der Waals surface area (Å²) in [5, 5.41) is 6.05. The lowest BCUT2D eigenvalue weighted by Crippen LogP contribution is -2.04. The first-order valence-electron chi connectivity index (χ1n) is 6.75. The number of benzene rings is 1. The highest BCUT2D eigenvalue weighted by molar-refractivity contribution is 5.60. The predicted octanol–water partition coefficient (Wildman–Crippen LogP) is 3.59. The van der Waals surface area contributed by atoms with Crippen LogP contribution in [0.15, 0.2) is 24.3 Å². The van der Waals surface area contributed by atoms with Gasteiger partial charge in [-0.1, -0.05) is 6.07 Å². The van der Waals surface area contributed by atoms with Crippen molar-refractivity contribution in [2.24, 2.45) is 0 Å². The molecule has 0 saturated heterocycles. The summed E-state index contributed by atoms with van der Waals surface area (Å²) in [6.45, 7) is 1.86. The van der Waals surface area contributed by atoms with E-state index in [1.54, 1.807) is 12.1 Å². The number of hydrogen-bond donors (Lipinski definition) is 2. The number of aryl methyl sites for hydroxylation is 1. The van der Waals surface area contributed by atoms with E-state index in [2.05, 4.69) is 20.6 Å². The van der Waals surface area contributed by atoms with Gasteiger partial charge in [-0.25, -0.2) is 14.4 Å². The summed E-state index contributed by atoms with van der Waals surface area (Å²) in [5.74, 6) is 2.37. The summed E-state index contributed by atoms with van der Waals surface area (Å²) >= 11 is 0. The van der Waals surface area contributed by atoms with Gasteiger partial charge in [-0.15, -0.1) is 0 Å². The number of aromatic nitrogens is 2. The Bertz CT molecular complexity index is 638. The second-order valence-electron chi connectivity index (χ2n) is 5.13. The van der Waals surface area contributed by atoms with Crippen molar-refractivity contribution in [1.29, 1.82) is 0 Å². The van der Waals surface area contributed by atoms with E-state index in [9.17, 15) is 4.39 Å². The maximum absolute atomic E-state index is 13.9. The Morgan fingerprint density at radius 2 is 1.90 bits per heavy atom. The van der Waals surface area contributed by atoms with E-state index in [1.165, 1.54) is 6.07 Å². The minimum Gasteiger partial charge on any atom is -0.373 e. The van der Waals surface area contributed by atoms with Crippen LogP contribution in [-0.2, 0) is 0 Å². The smallest absolute Gasteiger partial charge is 0.146 e. The normalized spacial score (nSPS) is 14.2. The van der Waals surface area contributed by atoms with Crippen LogP contribution in [0.25, 0.3) is 0 Å². The minimum atomic E-state index is -0.275. The lowest BCUT2D eigenvalue weighted by atomic mass is 10.2. The molecule has 1 aliphatic rings. The molecule has 4 nitrogen and oxygen atoms in total. The molecule has 0 amide bonds. The van der Waals surface area contributed by atoms with Gasteiger partial charge in [0.25, 0.3) is 0 Å². The van der Waals surface area contributed by atoms with Crippen LogP contribution in [0.3, 0.4) is 0 Å². The Hall–Kier alpha value is -2.17. The van der Waals surface area contributed by atoms with Crippen molar-refractivity contribution >= 4 is 17.3 Å². The summed E-state index contributed by atoms with van der Waals surface area (Å²) in [5.41, 5.74) is 1.32. The summed E-state index contributed by atoms with van der Waals surface area (Å²) in [6, 6.07) is 6.88. The first-order valence-corrected chi connectivity index (χ1v) is 6.75. The first kappa shape index (κ1) is 12.8. The van der Waals surface area contributed by atoms with E-state index >= 15 is 0 Å². The maximum atomic E-state index is 13.9. The fourth-order valence-electron chi connectivity index (χ4n) is 2.04. The molecule has 0 spiro atoms. The molecule has 1 heterocycles. The molecule has 0 aliphatic heterocycles. The SMILES string of the molecule is CNc1cc(Nc2ccc(C)cc2F)nc(C2CC2)n1. The molecule has 20 heavy (non-hydrogen) atoms. The van der Waals surface area contributed by atoms with Gasteiger partial charge in [-0.3, -0.25) is 0 Å². The van der Waals surface area contributed by atoms with Gasteiger partial charge in [0, 0.05) is 19.0 Å². The van der Waals surface area contributed by atoms with E-state index in [4.69, 9.17) is 0 Å². The average Bonchev–Trinajstić information content (AvgIpc) is 3.26. The first-order chi connectivity index (χ1) is 9.65. The van der Waals surface area contributed by atoms with Crippen molar-refractivity contribution < 1.29 is 4.39 Å². The Labute approximate surface area is 117 Å². The number of halogens is 1. The Morgan fingerprint density at radius 1 is 1.15 bits per heavy atom. The zero-order valence-electron chi connectivity index (χ0n) is 11.6. The molecule has 3 rings (SSSR count).